The van der Waals surface area contributed by atoms with E-state index in [1.165, 1.54) is 40.9 Å². The Labute approximate surface area is 190 Å². The Morgan fingerprint density at radius 2 is 1.79 bits per heavy atom. The van der Waals surface area contributed by atoms with Crippen molar-refractivity contribution in [1.29, 1.82) is 0 Å². The van der Waals surface area contributed by atoms with Crippen molar-refractivity contribution in [3.63, 3.8) is 0 Å². The summed E-state index contributed by atoms with van der Waals surface area (Å²) < 4.78 is 16.5. The van der Waals surface area contributed by atoms with Crippen LogP contribution in [-0.4, -0.2) is 26.4 Å². The molecule has 7 nitrogen and oxygen atoms in total. The fraction of sp³-hybridized carbons (Fsp3) is 0.200. The second-order valence-corrected chi connectivity index (χ2v) is 8.04. The van der Waals surface area contributed by atoms with Crippen LogP contribution in [0.15, 0.2) is 55.0 Å². The number of carbonyl (C=O) groups excluding carboxylic acids is 2. The highest BCUT2D eigenvalue weighted by atomic mass is 19.1. The summed E-state index contributed by atoms with van der Waals surface area (Å²) >= 11 is 0. The summed E-state index contributed by atoms with van der Waals surface area (Å²) in [5.74, 6) is -0.999. The predicted octanol–water partition coefficient (Wildman–Crippen LogP) is 4.66. The first kappa shape index (κ1) is 22.1. The lowest BCUT2D eigenvalue weighted by Gasteiger charge is -2.21. The number of nitrogens with zero attached hydrogens (tertiary/aromatic N) is 4. The Kier molecular flexibility index (Phi) is 5.91. The largest absolute Gasteiger partial charge is 0.326 e. The third-order valence-electron chi connectivity index (χ3n) is 5.49. The van der Waals surface area contributed by atoms with Crippen LogP contribution in [-0.2, 0) is 16.0 Å². The summed E-state index contributed by atoms with van der Waals surface area (Å²) in [7, 11) is 0. The second-order valence-electron chi connectivity index (χ2n) is 8.04. The topological polar surface area (TPSA) is 79.6 Å². The molecule has 0 aliphatic rings. The fourth-order valence-corrected chi connectivity index (χ4v) is 4.05. The highest BCUT2D eigenvalue weighted by Gasteiger charge is 2.22. The van der Waals surface area contributed by atoms with Crippen LogP contribution in [0.2, 0.25) is 0 Å². The molecule has 3 aromatic heterocycles. The van der Waals surface area contributed by atoms with E-state index in [0.717, 1.165) is 22.3 Å². The molecule has 0 aliphatic carbocycles. The molecule has 33 heavy (non-hydrogen) atoms. The van der Waals surface area contributed by atoms with Gasteiger partial charge in [-0.2, -0.15) is 5.10 Å². The van der Waals surface area contributed by atoms with Gasteiger partial charge in [0, 0.05) is 31.1 Å². The molecule has 0 saturated heterocycles. The van der Waals surface area contributed by atoms with E-state index in [1.54, 1.807) is 18.3 Å². The molecule has 168 valence electrons. The zero-order valence-electron chi connectivity index (χ0n) is 18.9. The summed E-state index contributed by atoms with van der Waals surface area (Å²) in [6.07, 6.45) is 4.74. The lowest BCUT2D eigenvalue weighted by molar-refractivity contribution is -0.116. The van der Waals surface area contributed by atoms with Crippen LogP contribution < -0.4 is 10.2 Å². The van der Waals surface area contributed by atoms with Gasteiger partial charge in [-0.1, -0.05) is 17.7 Å². The van der Waals surface area contributed by atoms with Crippen LogP contribution in [0.5, 0.6) is 0 Å². The molecule has 0 radical (unpaired) electrons. The molecule has 4 rings (SSSR count). The number of aromatic nitrogens is 3. The van der Waals surface area contributed by atoms with Gasteiger partial charge in [0.2, 0.25) is 11.8 Å². The molecule has 0 aliphatic heterocycles. The Bertz CT molecular complexity index is 1360. The first-order chi connectivity index (χ1) is 15.7. The Balaban J connectivity index is 1.61. The number of halogens is 1. The Hall–Kier alpha value is -4.07. The quantitative estimate of drug-likeness (QED) is 0.485. The van der Waals surface area contributed by atoms with E-state index in [0.29, 0.717) is 5.69 Å². The molecule has 1 N–H and O–H groups in total. The molecule has 2 amide bonds. The van der Waals surface area contributed by atoms with Gasteiger partial charge in [0.05, 0.1) is 18.3 Å². The third kappa shape index (κ3) is 4.45. The van der Waals surface area contributed by atoms with E-state index in [4.69, 9.17) is 0 Å². The van der Waals surface area contributed by atoms with Gasteiger partial charge in [-0.15, -0.1) is 0 Å². The van der Waals surface area contributed by atoms with E-state index in [2.05, 4.69) is 27.5 Å². The SMILES string of the molecule is CC(=O)N(c1cc(NC(=O)Cc2c(C)cc(C)cc2C)ccn1)c1ccn2nccc2c1F. The molecular formula is C25H24FN5O2. The second kappa shape index (κ2) is 8.82. The van der Waals surface area contributed by atoms with Crippen molar-refractivity contribution in [2.45, 2.75) is 34.1 Å². The lowest BCUT2D eigenvalue weighted by atomic mass is 9.97. The summed E-state index contributed by atoms with van der Waals surface area (Å²) in [5.41, 5.74) is 5.01. The molecule has 1 aromatic carbocycles. The van der Waals surface area contributed by atoms with Crippen molar-refractivity contribution in [3.8, 4) is 0 Å². The average molecular weight is 445 g/mol. The molecule has 0 spiro atoms. The van der Waals surface area contributed by atoms with Gasteiger partial charge in [0.15, 0.2) is 5.82 Å². The smallest absolute Gasteiger partial charge is 0.229 e. The van der Waals surface area contributed by atoms with Crippen LogP contribution in [0.4, 0.5) is 21.6 Å². The maximum atomic E-state index is 15.1. The number of aryl methyl sites for hydroxylation is 3. The molecular weight excluding hydrogens is 421 g/mol. The summed E-state index contributed by atoms with van der Waals surface area (Å²) in [6.45, 7) is 7.33. The molecule has 0 atom stereocenters. The molecule has 0 fully saturated rings. The molecule has 0 unspecified atom stereocenters. The average Bonchev–Trinajstić information content (AvgIpc) is 3.22. The number of hydrogen-bond acceptors (Lipinski definition) is 4. The highest BCUT2D eigenvalue weighted by molar-refractivity contribution is 6.00. The fourth-order valence-electron chi connectivity index (χ4n) is 4.05. The zero-order valence-corrected chi connectivity index (χ0v) is 18.9. The Morgan fingerprint density at radius 1 is 1.06 bits per heavy atom. The maximum absolute atomic E-state index is 15.1. The maximum Gasteiger partial charge on any atom is 0.229 e. The standard InChI is InChI=1S/C25H24FN5O2/c1-15-11-16(2)20(17(3)12-15)14-24(33)29-19-5-8-27-23(13-19)31(18(4)32)22-7-10-30-21(25(22)26)6-9-28-30/h5-13H,14H2,1-4H3,(H,27,29,33). The number of carbonyl (C=O) groups is 2. The first-order valence-corrected chi connectivity index (χ1v) is 10.5. The van der Waals surface area contributed by atoms with Gasteiger partial charge in [0.25, 0.3) is 0 Å². The minimum atomic E-state index is -0.591. The van der Waals surface area contributed by atoms with E-state index >= 15 is 4.39 Å². The van der Waals surface area contributed by atoms with Crippen LogP contribution in [0.3, 0.4) is 0 Å². The van der Waals surface area contributed by atoms with Crippen molar-refractivity contribution < 1.29 is 14.0 Å². The van der Waals surface area contributed by atoms with Crippen LogP contribution in [0.1, 0.15) is 29.2 Å². The number of amides is 2. The number of pyridine rings is 2. The van der Waals surface area contributed by atoms with Gasteiger partial charge in [0.1, 0.15) is 11.3 Å². The molecule has 8 heteroatoms. The van der Waals surface area contributed by atoms with E-state index in [-0.39, 0.29) is 29.3 Å². The van der Waals surface area contributed by atoms with Gasteiger partial charge in [-0.3, -0.25) is 14.5 Å². The summed E-state index contributed by atoms with van der Waals surface area (Å²) in [4.78, 5) is 30.6. The lowest BCUT2D eigenvalue weighted by Crippen LogP contribution is -2.25. The van der Waals surface area contributed by atoms with Gasteiger partial charge >= 0.3 is 0 Å². The molecule has 4 aromatic rings. The van der Waals surface area contributed by atoms with Gasteiger partial charge in [-0.05, 0) is 55.7 Å². The Morgan fingerprint density at radius 3 is 2.48 bits per heavy atom. The highest BCUT2D eigenvalue weighted by Crippen LogP contribution is 2.30. The minimum absolute atomic E-state index is 0.0531. The number of rotatable bonds is 5. The number of fused-ring (bicyclic) bond motifs is 1. The predicted molar refractivity (Wildman–Crippen MR) is 125 cm³/mol. The summed E-state index contributed by atoms with van der Waals surface area (Å²) in [5, 5.41) is 6.87. The molecule has 3 heterocycles. The number of nitrogens with one attached hydrogen (secondary N) is 1. The molecule has 0 saturated carbocycles. The minimum Gasteiger partial charge on any atom is -0.326 e. The summed E-state index contributed by atoms with van der Waals surface area (Å²) in [6, 6.07) is 10.3. The van der Waals surface area contributed by atoms with E-state index in [9.17, 15) is 9.59 Å². The normalized spacial score (nSPS) is 10.9. The van der Waals surface area contributed by atoms with Crippen molar-refractivity contribution in [2.24, 2.45) is 0 Å². The number of anilines is 3. The van der Waals surface area contributed by atoms with Crippen LogP contribution in [0.25, 0.3) is 5.52 Å². The van der Waals surface area contributed by atoms with Gasteiger partial charge < -0.3 is 5.32 Å². The van der Waals surface area contributed by atoms with Crippen molar-refractivity contribution in [2.75, 3.05) is 10.2 Å². The monoisotopic (exact) mass is 445 g/mol. The third-order valence-corrected chi connectivity index (χ3v) is 5.49. The van der Waals surface area contributed by atoms with Gasteiger partial charge in [-0.25, -0.2) is 13.9 Å². The number of benzene rings is 1. The van der Waals surface area contributed by atoms with Crippen molar-refractivity contribution in [3.05, 3.63) is 83.1 Å². The number of hydrogen-bond donors (Lipinski definition) is 1. The van der Waals surface area contributed by atoms with Crippen molar-refractivity contribution in [1.82, 2.24) is 14.6 Å². The van der Waals surface area contributed by atoms with E-state index < -0.39 is 11.7 Å². The molecule has 0 bridgehead atoms. The van der Waals surface area contributed by atoms with E-state index in [1.807, 2.05) is 20.8 Å². The first-order valence-electron chi connectivity index (χ1n) is 10.5. The van der Waals surface area contributed by atoms with Crippen molar-refractivity contribution >= 4 is 34.5 Å². The zero-order chi connectivity index (χ0) is 23.7. The van der Waals surface area contributed by atoms with Crippen LogP contribution >= 0.6 is 0 Å². The van der Waals surface area contributed by atoms with Crippen LogP contribution in [0, 0.1) is 26.6 Å².